The maximum atomic E-state index is 13.5. The number of thiazole rings is 1. The van der Waals surface area contributed by atoms with Crippen LogP contribution < -0.4 is 19.1 Å². The summed E-state index contributed by atoms with van der Waals surface area (Å²) in [4.78, 5) is 33.1. The second-order valence-corrected chi connectivity index (χ2v) is 10.0. The minimum atomic E-state index is -0.888. The van der Waals surface area contributed by atoms with Gasteiger partial charge in [0.2, 0.25) is 0 Å². The topological polar surface area (TPSA) is 98.2 Å². The van der Waals surface area contributed by atoms with Gasteiger partial charge in [0.1, 0.15) is 24.7 Å². The van der Waals surface area contributed by atoms with Gasteiger partial charge in [0.25, 0.3) is 5.78 Å². The van der Waals surface area contributed by atoms with E-state index in [4.69, 9.17) is 14.2 Å². The molecule has 1 fully saturated rings. The quantitative estimate of drug-likeness (QED) is 0.210. The van der Waals surface area contributed by atoms with Crippen LogP contribution in [0.5, 0.6) is 17.2 Å². The van der Waals surface area contributed by atoms with Crippen molar-refractivity contribution in [3.8, 4) is 17.2 Å². The van der Waals surface area contributed by atoms with E-state index in [2.05, 4.69) is 4.98 Å². The van der Waals surface area contributed by atoms with Crippen LogP contribution in [0.15, 0.2) is 66.2 Å². The third-order valence-corrected chi connectivity index (χ3v) is 7.52. The fraction of sp³-hybridized carbons (Fsp3) is 0.207. The van der Waals surface area contributed by atoms with Crippen molar-refractivity contribution >= 4 is 44.1 Å². The number of anilines is 1. The Morgan fingerprint density at radius 1 is 1.05 bits per heavy atom. The third kappa shape index (κ3) is 4.05. The zero-order valence-electron chi connectivity index (χ0n) is 20.8. The van der Waals surface area contributed by atoms with Crippen molar-refractivity contribution in [2.45, 2.75) is 19.9 Å². The first-order valence-electron chi connectivity index (χ1n) is 12.3. The summed E-state index contributed by atoms with van der Waals surface area (Å²) in [5, 5.41) is 11.8. The molecule has 1 saturated heterocycles. The molecule has 2 aliphatic rings. The highest BCUT2D eigenvalue weighted by molar-refractivity contribution is 7.22. The SMILES string of the molecule is CCOc1ccc(C2/C(=C(/O)c3ccc4c(c3)OCCO4)C(=O)C(=O)N2c2nc3ccc(C)cc3s2)cc1. The number of aromatic nitrogens is 1. The van der Waals surface area contributed by atoms with Gasteiger partial charge in [-0.05, 0) is 67.4 Å². The molecule has 1 N–H and O–H groups in total. The monoisotopic (exact) mass is 528 g/mol. The second kappa shape index (κ2) is 9.50. The van der Waals surface area contributed by atoms with Crippen molar-refractivity contribution < 1.29 is 28.9 Å². The number of amides is 1. The largest absolute Gasteiger partial charge is 0.507 e. The molecule has 3 heterocycles. The number of aliphatic hydroxyl groups excluding tert-OH is 1. The summed E-state index contributed by atoms with van der Waals surface area (Å²) in [5.41, 5.74) is 2.77. The molecule has 1 aromatic heterocycles. The van der Waals surface area contributed by atoms with E-state index >= 15 is 0 Å². The van der Waals surface area contributed by atoms with Crippen molar-refractivity contribution in [1.82, 2.24) is 4.98 Å². The first-order valence-corrected chi connectivity index (χ1v) is 13.1. The molecule has 38 heavy (non-hydrogen) atoms. The van der Waals surface area contributed by atoms with Gasteiger partial charge in [-0.2, -0.15) is 0 Å². The first-order chi connectivity index (χ1) is 18.4. The van der Waals surface area contributed by atoms with Gasteiger partial charge in [-0.3, -0.25) is 14.5 Å². The number of hydrogen-bond donors (Lipinski definition) is 1. The normalized spacial score (nSPS) is 18.3. The van der Waals surface area contributed by atoms with Crippen LogP contribution in [0.2, 0.25) is 0 Å². The van der Waals surface area contributed by atoms with Crippen LogP contribution in [0.1, 0.15) is 29.7 Å². The Morgan fingerprint density at radius 3 is 2.58 bits per heavy atom. The Labute approximate surface area is 222 Å². The molecule has 6 rings (SSSR count). The predicted octanol–water partition coefficient (Wildman–Crippen LogP) is 5.40. The van der Waals surface area contributed by atoms with Crippen LogP contribution in [0.3, 0.4) is 0 Å². The molecule has 0 bridgehead atoms. The number of aryl methyl sites for hydroxylation is 1. The Balaban J connectivity index is 1.52. The van der Waals surface area contributed by atoms with E-state index in [1.165, 1.54) is 16.2 Å². The maximum absolute atomic E-state index is 13.5. The number of ether oxygens (including phenoxy) is 3. The highest BCUT2D eigenvalue weighted by Gasteiger charge is 2.48. The highest BCUT2D eigenvalue weighted by Crippen LogP contribution is 2.45. The Kier molecular flexibility index (Phi) is 6.00. The summed E-state index contributed by atoms with van der Waals surface area (Å²) in [5.74, 6) is -0.144. The smallest absolute Gasteiger partial charge is 0.301 e. The summed E-state index contributed by atoms with van der Waals surface area (Å²) in [6.07, 6.45) is 0. The third-order valence-electron chi connectivity index (χ3n) is 6.51. The van der Waals surface area contributed by atoms with Gasteiger partial charge >= 0.3 is 5.91 Å². The number of carbonyl (C=O) groups excluding carboxylic acids is 2. The van der Waals surface area contributed by atoms with Gasteiger partial charge in [0.05, 0.1) is 28.4 Å². The van der Waals surface area contributed by atoms with Gasteiger partial charge in [0.15, 0.2) is 16.6 Å². The minimum Gasteiger partial charge on any atom is -0.507 e. The number of hydrogen-bond acceptors (Lipinski definition) is 8. The molecule has 0 spiro atoms. The predicted molar refractivity (Wildman–Crippen MR) is 144 cm³/mol. The first kappa shape index (κ1) is 24.0. The minimum absolute atomic E-state index is 0.0220. The summed E-state index contributed by atoms with van der Waals surface area (Å²) < 4.78 is 17.7. The van der Waals surface area contributed by atoms with Crippen LogP contribution in [-0.4, -0.2) is 41.6 Å². The zero-order valence-corrected chi connectivity index (χ0v) is 21.6. The van der Waals surface area contributed by atoms with Gasteiger partial charge in [0, 0.05) is 5.56 Å². The van der Waals surface area contributed by atoms with Crippen molar-refractivity contribution in [1.29, 1.82) is 0 Å². The number of Topliss-reactive ketones (excluding diaryl/α,β-unsaturated/α-hetero) is 1. The van der Waals surface area contributed by atoms with Gasteiger partial charge < -0.3 is 19.3 Å². The van der Waals surface area contributed by atoms with Gasteiger partial charge in [-0.25, -0.2) is 4.98 Å². The Morgan fingerprint density at radius 2 is 1.82 bits per heavy atom. The van der Waals surface area contributed by atoms with Crippen LogP contribution in [0.4, 0.5) is 5.13 Å². The average molecular weight is 529 g/mol. The lowest BCUT2D eigenvalue weighted by Gasteiger charge is -2.23. The van der Waals surface area contributed by atoms with Gasteiger partial charge in [-0.1, -0.05) is 29.5 Å². The van der Waals surface area contributed by atoms with Crippen LogP contribution >= 0.6 is 11.3 Å². The van der Waals surface area contributed by atoms with Crippen LogP contribution in [-0.2, 0) is 9.59 Å². The van der Waals surface area contributed by atoms with E-state index < -0.39 is 17.7 Å². The van der Waals surface area contributed by atoms with Crippen LogP contribution in [0.25, 0.3) is 16.0 Å². The number of nitrogens with zero attached hydrogens (tertiary/aromatic N) is 2. The van der Waals surface area contributed by atoms with E-state index in [0.29, 0.717) is 53.3 Å². The molecule has 1 amide bonds. The molecule has 8 nitrogen and oxygen atoms in total. The fourth-order valence-electron chi connectivity index (χ4n) is 4.73. The van der Waals surface area contributed by atoms with Gasteiger partial charge in [-0.15, -0.1) is 0 Å². The number of benzene rings is 3. The lowest BCUT2D eigenvalue weighted by atomic mass is 9.95. The molecule has 4 aromatic rings. The van der Waals surface area contributed by atoms with E-state index in [1.807, 2.05) is 32.0 Å². The molecule has 2 aliphatic heterocycles. The fourth-order valence-corrected chi connectivity index (χ4v) is 5.82. The zero-order chi connectivity index (χ0) is 26.4. The molecule has 0 aliphatic carbocycles. The molecule has 0 saturated carbocycles. The number of carbonyl (C=O) groups is 2. The summed E-state index contributed by atoms with van der Waals surface area (Å²) >= 11 is 1.33. The lowest BCUT2D eigenvalue weighted by molar-refractivity contribution is -0.132. The molecule has 1 unspecified atom stereocenters. The summed E-state index contributed by atoms with van der Waals surface area (Å²) in [6, 6.07) is 17.0. The molecule has 1 atom stereocenters. The summed E-state index contributed by atoms with van der Waals surface area (Å²) in [7, 11) is 0. The second-order valence-electron chi connectivity index (χ2n) is 9.00. The van der Waals surface area contributed by atoms with Crippen molar-refractivity contribution in [2.24, 2.45) is 0 Å². The van der Waals surface area contributed by atoms with Crippen molar-refractivity contribution in [3.05, 3.63) is 82.9 Å². The van der Waals surface area contributed by atoms with E-state index in [0.717, 1.165) is 15.8 Å². The molecule has 192 valence electrons. The van der Waals surface area contributed by atoms with E-state index in [1.54, 1.807) is 42.5 Å². The van der Waals surface area contributed by atoms with E-state index in [9.17, 15) is 14.7 Å². The van der Waals surface area contributed by atoms with Crippen molar-refractivity contribution in [3.63, 3.8) is 0 Å². The average Bonchev–Trinajstić information content (AvgIpc) is 3.46. The maximum Gasteiger partial charge on any atom is 0.301 e. The lowest BCUT2D eigenvalue weighted by Crippen LogP contribution is -2.29. The molecule has 0 radical (unpaired) electrons. The highest BCUT2D eigenvalue weighted by atomic mass is 32.1. The number of ketones is 1. The Hall–Kier alpha value is -4.37. The Bertz CT molecular complexity index is 1610. The van der Waals surface area contributed by atoms with Crippen molar-refractivity contribution in [2.75, 3.05) is 24.7 Å². The molecular weight excluding hydrogens is 504 g/mol. The molecular formula is C29H24N2O6S. The molecule has 9 heteroatoms. The van der Waals surface area contributed by atoms with Crippen LogP contribution in [0, 0.1) is 6.92 Å². The number of aliphatic hydroxyl groups is 1. The number of fused-ring (bicyclic) bond motifs is 2. The van der Waals surface area contributed by atoms with E-state index in [-0.39, 0.29) is 11.3 Å². The summed E-state index contributed by atoms with van der Waals surface area (Å²) in [6.45, 7) is 5.20. The standard InChI is InChI=1S/C29H24N2O6S/c1-3-35-19-8-5-17(6-9-19)25-24(26(32)18-7-11-21-22(15-18)37-13-12-36-21)27(33)28(34)31(25)29-30-20-10-4-16(2)14-23(20)38-29/h4-11,14-15,25,32H,3,12-13H2,1-2H3/b26-24-. The molecule has 3 aromatic carbocycles. The number of rotatable bonds is 5.